The number of hydrogen-bond donors (Lipinski definition) is 3. The van der Waals surface area contributed by atoms with Crippen LogP contribution >= 0.6 is 24.0 Å². The minimum absolute atomic E-state index is 0. The summed E-state index contributed by atoms with van der Waals surface area (Å²) in [5.41, 5.74) is 0.758. The van der Waals surface area contributed by atoms with Crippen molar-refractivity contribution in [3.63, 3.8) is 0 Å². The highest BCUT2D eigenvalue weighted by Gasteiger charge is 2.24. The molecule has 1 aromatic carbocycles. The fourth-order valence-electron chi connectivity index (χ4n) is 2.51. The van der Waals surface area contributed by atoms with Crippen molar-refractivity contribution in [3.8, 4) is 0 Å². The highest BCUT2D eigenvalue weighted by Crippen LogP contribution is 2.18. The zero-order valence-corrected chi connectivity index (χ0v) is 13.6. The van der Waals surface area contributed by atoms with Crippen molar-refractivity contribution < 1.29 is 9.90 Å². The SMILES string of the molecule is C[C@H]1C[C@@H](C(=O)NCC(O)c2ccc(Cl)cc2)CCN1.Cl. The molecule has 4 nitrogen and oxygen atoms in total. The second-order valence-electron chi connectivity index (χ2n) is 5.39. The molecule has 0 saturated carbocycles. The minimum Gasteiger partial charge on any atom is -0.387 e. The second kappa shape index (κ2) is 8.59. The van der Waals surface area contributed by atoms with Crippen LogP contribution in [-0.4, -0.2) is 30.1 Å². The van der Waals surface area contributed by atoms with Crippen molar-refractivity contribution in [1.29, 1.82) is 0 Å². The molecule has 1 heterocycles. The summed E-state index contributed by atoms with van der Waals surface area (Å²) >= 11 is 5.80. The number of rotatable bonds is 4. The lowest BCUT2D eigenvalue weighted by atomic mass is 9.92. The summed E-state index contributed by atoms with van der Waals surface area (Å²) in [5, 5.41) is 16.8. The third-order valence-electron chi connectivity index (χ3n) is 3.72. The molecule has 118 valence electrons. The predicted molar refractivity (Wildman–Crippen MR) is 86.9 cm³/mol. The zero-order valence-electron chi connectivity index (χ0n) is 12.0. The Kier molecular flexibility index (Phi) is 7.46. The molecule has 2 rings (SSSR count). The lowest BCUT2D eigenvalue weighted by Crippen LogP contribution is -2.43. The van der Waals surface area contributed by atoms with Gasteiger partial charge >= 0.3 is 0 Å². The first-order valence-electron chi connectivity index (χ1n) is 7.01. The van der Waals surface area contributed by atoms with Crippen molar-refractivity contribution in [2.24, 2.45) is 5.92 Å². The summed E-state index contributed by atoms with van der Waals surface area (Å²) < 4.78 is 0. The van der Waals surface area contributed by atoms with E-state index in [1.807, 2.05) is 0 Å². The molecule has 0 radical (unpaired) electrons. The number of nitrogens with one attached hydrogen (secondary N) is 2. The number of halogens is 2. The topological polar surface area (TPSA) is 61.4 Å². The average molecular weight is 333 g/mol. The van der Waals surface area contributed by atoms with Gasteiger partial charge < -0.3 is 15.7 Å². The predicted octanol–water partition coefficient (Wildman–Crippen LogP) is 2.30. The average Bonchev–Trinajstić information content (AvgIpc) is 2.45. The van der Waals surface area contributed by atoms with Crippen LogP contribution in [0.1, 0.15) is 31.4 Å². The van der Waals surface area contributed by atoms with Crippen LogP contribution in [0.2, 0.25) is 5.02 Å². The molecule has 1 fully saturated rings. The van der Waals surface area contributed by atoms with Gasteiger partial charge in [0.15, 0.2) is 0 Å². The third kappa shape index (κ3) is 5.47. The number of carbonyl (C=O) groups is 1. The lowest BCUT2D eigenvalue weighted by Gasteiger charge is -2.27. The Balaban J connectivity index is 0.00000220. The second-order valence-corrected chi connectivity index (χ2v) is 5.83. The Labute approximate surface area is 136 Å². The molecule has 1 saturated heterocycles. The normalized spacial score (nSPS) is 23.0. The van der Waals surface area contributed by atoms with Crippen molar-refractivity contribution >= 4 is 29.9 Å². The summed E-state index contributed by atoms with van der Waals surface area (Å²) in [4.78, 5) is 12.1. The van der Waals surface area contributed by atoms with Crippen LogP contribution in [0.5, 0.6) is 0 Å². The van der Waals surface area contributed by atoms with E-state index in [9.17, 15) is 9.90 Å². The number of aliphatic hydroxyl groups excluding tert-OH is 1. The maximum atomic E-state index is 12.1. The first kappa shape index (κ1) is 18.2. The van der Waals surface area contributed by atoms with E-state index in [1.54, 1.807) is 24.3 Å². The van der Waals surface area contributed by atoms with Crippen LogP contribution in [0, 0.1) is 5.92 Å². The molecule has 3 N–H and O–H groups in total. The number of piperidine rings is 1. The van der Waals surface area contributed by atoms with E-state index in [2.05, 4.69) is 17.6 Å². The number of amides is 1. The van der Waals surface area contributed by atoms with E-state index in [1.165, 1.54) is 0 Å². The van der Waals surface area contributed by atoms with E-state index >= 15 is 0 Å². The molecule has 21 heavy (non-hydrogen) atoms. The Hall–Kier alpha value is -0.810. The molecule has 0 bridgehead atoms. The Morgan fingerprint density at radius 1 is 1.48 bits per heavy atom. The summed E-state index contributed by atoms with van der Waals surface area (Å²) in [6, 6.07) is 7.38. The van der Waals surface area contributed by atoms with Crippen molar-refractivity contribution in [2.45, 2.75) is 31.9 Å². The Morgan fingerprint density at radius 3 is 2.76 bits per heavy atom. The first-order chi connectivity index (χ1) is 9.56. The van der Waals surface area contributed by atoms with Crippen LogP contribution in [0.3, 0.4) is 0 Å². The van der Waals surface area contributed by atoms with Gasteiger partial charge in [-0.15, -0.1) is 12.4 Å². The van der Waals surface area contributed by atoms with Gasteiger partial charge in [0.25, 0.3) is 0 Å². The Morgan fingerprint density at radius 2 is 2.14 bits per heavy atom. The summed E-state index contributed by atoms with van der Waals surface area (Å²) in [6.07, 6.45) is 1.01. The molecular weight excluding hydrogens is 311 g/mol. The van der Waals surface area contributed by atoms with Crippen LogP contribution in [-0.2, 0) is 4.79 Å². The minimum atomic E-state index is -0.699. The van der Waals surface area contributed by atoms with E-state index in [-0.39, 0.29) is 30.8 Å². The molecule has 1 unspecified atom stereocenters. The summed E-state index contributed by atoms with van der Waals surface area (Å²) in [5.74, 6) is 0.0787. The van der Waals surface area contributed by atoms with Gasteiger partial charge in [-0.3, -0.25) is 4.79 Å². The molecule has 1 aliphatic heterocycles. The molecular formula is C15H22Cl2N2O2. The van der Waals surface area contributed by atoms with Gasteiger partial charge in [-0.1, -0.05) is 23.7 Å². The highest BCUT2D eigenvalue weighted by molar-refractivity contribution is 6.30. The maximum absolute atomic E-state index is 12.1. The zero-order chi connectivity index (χ0) is 14.5. The van der Waals surface area contributed by atoms with Crippen LogP contribution in [0.25, 0.3) is 0 Å². The molecule has 0 aromatic heterocycles. The van der Waals surface area contributed by atoms with Crippen molar-refractivity contribution in [2.75, 3.05) is 13.1 Å². The van der Waals surface area contributed by atoms with Gasteiger partial charge in [0.1, 0.15) is 0 Å². The fourth-order valence-corrected chi connectivity index (χ4v) is 2.64. The Bertz CT molecular complexity index is 453. The number of carbonyl (C=O) groups excluding carboxylic acids is 1. The standard InChI is InChI=1S/C15H21ClN2O2.ClH/c1-10-8-12(6-7-17-10)15(20)18-9-14(19)11-2-4-13(16)5-3-11;/h2-5,10,12,14,17,19H,6-9H2,1H3,(H,18,20);1H/t10-,12-,14?;/m0./s1. The van der Waals surface area contributed by atoms with Crippen molar-refractivity contribution in [3.05, 3.63) is 34.9 Å². The molecule has 1 aromatic rings. The maximum Gasteiger partial charge on any atom is 0.223 e. The molecule has 6 heteroatoms. The highest BCUT2D eigenvalue weighted by atomic mass is 35.5. The summed E-state index contributed by atoms with van der Waals surface area (Å²) in [6.45, 7) is 3.19. The number of benzene rings is 1. The number of hydrogen-bond acceptors (Lipinski definition) is 3. The molecule has 1 aliphatic rings. The molecule has 0 aliphatic carbocycles. The van der Waals surface area contributed by atoms with Crippen LogP contribution in [0.4, 0.5) is 0 Å². The summed E-state index contributed by atoms with van der Waals surface area (Å²) in [7, 11) is 0. The van der Waals surface area contributed by atoms with E-state index in [0.717, 1.165) is 24.9 Å². The van der Waals surface area contributed by atoms with Crippen molar-refractivity contribution in [1.82, 2.24) is 10.6 Å². The fraction of sp³-hybridized carbons (Fsp3) is 0.533. The van der Waals surface area contributed by atoms with Gasteiger partial charge in [-0.25, -0.2) is 0 Å². The molecule has 1 amide bonds. The van der Waals surface area contributed by atoms with Gasteiger partial charge in [0.2, 0.25) is 5.91 Å². The van der Waals surface area contributed by atoms with Gasteiger partial charge in [0.05, 0.1) is 6.10 Å². The first-order valence-corrected chi connectivity index (χ1v) is 7.38. The van der Waals surface area contributed by atoms with E-state index in [4.69, 9.17) is 11.6 Å². The van der Waals surface area contributed by atoms with Gasteiger partial charge in [-0.05, 0) is 44.0 Å². The molecule has 0 spiro atoms. The van der Waals surface area contributed by atoms with Crippen LogP contribution < -0.4 is 10.6 Å². The van der Waals surface area contributed by atoms with Gasteiger partial charge in [-0.2, -0.15) is 0 Å². The number of aliphatic hydroxyl groups is 1. The van der Waals surface area contributed by atoms with Gasteiger partial charge in [0, 0.05) is 23.5 Å². The van der Waals surface area contributed by atoms with E-state index in [0.29, 0.717) is 11.1 Å². The lowest BCUT2D eigenvalue weighted by molar-refractivity contribution is -0.126. The quantitative estimate of drug-likeness (QED) is 0.792. The van der Waals surface area contributed by atoms with E-state index < -0.39 is 6.10 Å². The smallest absolute Gasteiger partial charge is 0.223 e. The monoisotopic (exact) mass is 332 g/mol. The molecule has 3 atom stereocenters. The third-order valence-corrected chi connectivity index (χ3v) is 3.97. The van der Waals surface area contributed by atoms with Crippen LogP contribution in [0.15, 0.2) is 24.3 Å². The largest absolute Gasteiger partial charge is 0.387 e.